The van der Waals surface area contributed by atoms with Crippen molar-refractivity contribution in [3.05, 3.63) is 30.1 Å². The fourth-order valence-corrected chi connectivity index (χ4v) is 2.31. The predicted octanol–water partition coefficient (Wildman–Crippen LogP) is 3.74. The standard InChI is InChI=1S/C12H14IN3O.C2H6/c1-3-6-15(2)12(17)9-4-5-11-10(7-9)14-8-16(11)13;1-2/h4-5,7-8H,3,6H2,1-2H3;1-2H3. The van der Waals surface area contributed by atoms with Crippen LogP contribution in [0.2, 0.25) is 0 Å². The average Bonchev–Trinajstić information content (AvgIpc) is 2.81. The second-order valence-corrected chi connectivity index (χ2v) is 5.03. The van der Waals surface area contributed by atoms with Crippen LogP contribution in [0, 0.1) is 0 Å². The van der Waals surface area contributed by atoms with Crippen molar-refractivity contribution in [3.8, 4) is 0 Å². The molecule has 104 valence electrons. The minimum absolute atomic E-state index is 0.0526. The van der Waals surface area contributed by atoms with E-state index in [1.54, 1.807) is 11.2 Å². The lowest BCUT2D eigenvalue weighted by Gasteiger charge is -2.15. The van der Waals surface area contributed by atoms with E-state index in [4.69, 9.17) is 0 Å². The van der Waals surface area contributed by atoms with Gasteiger partial charge < -0.3 is 4.90 Å². The molecule has 0 unspecified atom stereocenters. The Balaban J connectivity index is 0.000000861. The Hall–Kier alpha value is -1.11. The molecule has 2 rings (SSSR count). The smallest absolute Gasteiger partial charge is 0.253 e. The van der Waals surface area contributed by atoms with E-state index in [0.29, 0.717) is 5.56 Å². The van der Waals surface area contributed by atoms with E-state index in [1.165, 1.54) is 0 Å². The van der Waals surface area contributed by atoms with Gasteiger partial charge in [-0.25, -0.2) is 4.98 Å². The van der Waals surface area contributed by atoms with E-state index >= 15 is 0 Å². The molecule has 0 saturated carbocycles. The molecule has 1 aromatic heterocycles. The second-order valence-electron chi connectivity index (χ2n) is 3.99. The summed E-state index contributed by atoms with van der Waals surface area (Å²) in [5.74, 6) is 0.0526. The summed E-state index contributed by atoms with van der Waals surface area (Å²) in [4.78, 5) is 18.1. The Bertz CT molecular complexity index is 551. The summed E-state index contributed by atoms with van der Waals surface area (Å²) in [7, 11) is 1.83. The van der Waals surface area contributed by atoms with Crippen LogP contribution in [0.3, 0.4) is 0 Å². The normalized spacial score (nSPS) is 9.95. The number of hydrogen-bond acceptors (Lipinski definition) is 2. The number of imidazole rings is 1. The zero-order valence-corrected chi connectivity index (χ0v) is 14.0. The predicted molar refractivity (Wildman–Crippen MR) is 87.8 cm³/mol. The number of nitrogens with zero attached hydrogens (tertiary/aromatic N) is 3. The van der Waals surface area contributed by atoms with Gasteiger partial charge in [0.15, 0.2) is 0 Å². The molecule has 0 aliphatic heterocycles. The van der Waals surface area contributed by atoms with Gasteiger partial charge in [-0.1, -0.05) is 20.8 Å². The topological polar surface area (TPSA) is 38.1 Å². The SMILES string of the molecule is CC.CCCN(C)C(=O)c1ccc2c(c1)ncn2I. The van der Waals surface area contributed by atoms with E-state index in [-0.39, 0.29) is 5.91 Å². The molecule has 1 amide bonds. The third-order valence-electron chi connectivity index (χ3n) is 2.66. The molecular weight excluding hydrogens is 353 g/mol. The molecule has 0 fully saturated rings. The van der Waals surface area contributed by atoms with Crippen molar-refractivity contribution >= 4 is 39.8 Å². The molecule has 0 aliphatic carbocycles. The Morgan fingerprint density at radius 2 is 2.11 bits per heavy atom. The number of aromatic nitrogens is 2. The maximum Gasteiger partial charge on any atom is 0.253 e. The van der Waals surface area contributed by atoms with Crippen molar-refractivity contribution in [1.82, 2.24) is 12.7 Å². The summed E-state index contributed by atoms with van der Waals surface area (Å²) in [6.07, 6.45) is 2.71. The summed E-state index contributed by atoms with van der Waals surface area (Å²) in [5.41, 5.74) is 2.58. The van der Waals surface area contributed by atoms with Crippen LogP contribution in [-0.2, 0) is 0 Å². The van der Waals surface area contributed by atoms with Gasteiger partial charge in [0, 0.05) is 19.2 Å². The Morgan fingerprint density at radius 1 is 1.42 bits per heavy atom. The van der Waals surface area contributed by atoms with Gasteiger partial charge in [-0.2, -0.15) is 0 Å². The van der Waals surface area contributed by atoms with E-state index in [0.717, 1.165) is 24.0 Å². The summed E-state index contributed by atoms with van der Waals surface area (Å²) in [6.45, 7) is 6.84. The molecule has 0 saturated heterocycles. The summed E-state index contributed by atoms with van der Waals surface area (Å²) < 4.78 is 1.91. The highest BCUT2D eigenvalue weighted by atomic mass is 127. The first-order valence-corrected chi connectivity index (χ1v) is 7.48. The molecule has 0 spiro atoms. The number of fused-ring (bicyclic) bond motifs is 1. The van der Waals surface area contributed by atoms with Crippen LogP contribution < -0.4 is 0 Å². The van der Waals surface area contributed by atoms with Gasteiger partial charge in [0.2, 0.25) is 0 Å². The highest BCUT2D eigenvalue weighted by Gasteiger charge is 2.12. The van der Waals surface area contributed by atoms with Crippen LogP contribution in [0.1, 0.15) is 37.6 Å². The Kier molecular flexibility index (Phi) is 6.27. The summed E-state index contributed by atoms with van der Waals surface area (Å²) >= 11 is 2.17. The van der Waals surface area contributed by atoms with Crippen LogP contribution in [0.15, 0.2) is 24.5 Å². The molecule has 1 aromatic carbocycles. The van der Waals surface area contributed by atoms with Crippen molar-refractivity contribution in [2.45, 2.75) is 27.2 Å². The van der Waals surface area contributed by atoms with Crippen molar-refractivity contribution in [2.75, 3.05) is 13.6 Å². The minimum Gasteiger partial charge on any atom is -0.342 e. The number of benzene rings is 1. The molecule has 4 nitrogen and oxygen atoms in total. The number of carbonyl (C=O) groups excluding carboxylic acids is 1. The van der Waals surface area contributed by atoms with Crippen molar-refractivity contribution in [2.24, 2.45) is 0 Å². The fraction of sp³-hybridized carbons (Fsp3) is 0.429. The van der Waals surface area contributed by atoms with Crippen molar-refractivity contribution < 1.29 is 4.79 Å². The van der Waals surface area contributed by atoms with Gasteiger partial charge in [0.25, 0.3) is 5.91 Å². The quantitative estimate of drug-likeness (QED) is 0.769. The lowest BCUT2D eigenvalue weighted by Crippen LogP contribution is -2.27. The molecule has 5 heteroatoms. The van der Waals surface area contributed by atoms with E-state index in [2.05, 4.69) is 34.8 Å². The first-order valence-electron chi connectivity index (χ1n) is 6.52. The molecule has 0 radical (unpaired) electrons. The second kappa shape index (κ2) is 7.47. The number of halogens is 1. The van der Waals surface area contributed by atoms with Crippen LogP contribution in [-0.4, -0.2) is 32.2 Å². The van der Waals surface area contributed by atoms with Crippen molar-refractivity contribution in [1.29, 1.82) is 0 Å². The minimum atomic E-state index is 0.0526. The van der Waals surface area contributed by atoms with Crippen LogP contribution in [0.25, 0.3) is 11.0 Å². The van der Waals surface area contributed by atoms with E-state index < -0.39 is 0 Å². The van der Waals surface area contributed by atoms with Gasteiger partial charge in [0.1, 0.15) is 6.33 Å². The maximum atomic E-state index is 12.1. The molecular formula is C14H20IN3O. The average molecular weight is 373 g/mol. The third kappa shape index (κ3) is 3.68. The highest BCUT2D eigenvalue weighted by molar-refractivity contribution is 14.1. The highest BCUT2D eigenvalue weighted by Crippen LogP contribution is 2.17. The van der Waals surface area contributed by atoms with Gasteiger partial charge in [-0.15, -0.1) is 0 Å². The number of rotatable bonds is 3. The lowest BCUT2D eigenvalue weighted by atomic mass is 10.2. The van der Waals surface area contributed by atoms with Crippen LogP contribution in [0.5, 0.6) is 0 Å². The van der Waals surface area contributed by atoms with Gasteiger partial charge in [0.05, 0.1) is 33.9 Å². The number of amides is 1. The molecule has 0 N–H and O–H groups in total. The zero-order valence-electron chi connectivity index (χ0n) is 11.9. The molecule has 2 aromatic rings. The molecule has 0 bridgehead atoms. The molecule has 1 heterocycles. The van der Waals surface area contributed by atoms with E-state index in [1.807, 2.05) is 41.9 Å². The summed E-state index contributed by atoms with van der Waals surface area (Å²) in [6, 6.07) is 5.63. The maximum absolute atomic E-state index is 12.1. The van der Waals surface area contributed by atoms with Crippen LogP contribution >= 0.6 is 22.9 Å². The molecule has 19 heavy (non-hydrogen) atoms. The van der Waals surface area contributed by atoms with Gasteiger partial charge >= 0.3 is 0 Å². The first-order chi connectivity index (χ1) is 9.13. The fourth-order valence-electron chi connectivity index (χ4n) is 1.77. The van der Waals surface area contributed by atoms with Crippen LogP contribution in [0.4, 0.5) is 0 Å². The third-order valence-corrected chi connectivity index (χ3v) is 3.43. The Labute approximate surface area is 128 Å². The summed E-state index contributed by atoms with van der Waals surface area (Å²) in [5, 5.41) is 0. The van der Waals surface area contributed by atoms with Gasteiger partial charge in [-0.05, 0) is 24.6 Å². The van der Waals surface area contributed by atoms with E-state index in [9.17, 15) is 4.79 Å². The monoisotopic (exact) mass is 373 g/mol. The van der Waals surface area contributed by atoms with Gasteiger partial charge in [-0.3, -0.25) is 7.58 Å². The van der Waals surface area contributed by atoms with Crippen molar-refractivity contribution in [3.63, 3.8) is 0 Å². The first kappa shape index (κ1) is 15.9. The number of hydrogen-bond donors (Lipinski definition) is 0. The Morgan fingerprint density at radius 3 is 2.74 bits per heavy atom. The lowest BCUT2D eigenvalue weighted by molar-refractivity contribution is 0.0795. The zero-order chi connectivity index (χ0) is 14.4. The molecule has 0 aliphatic rings. The number of carbonyl (C=O) groups is 1. The molecule has 0 atom stereocenters. The largest absolute Gasteiger partial charge is 0.342 e.